The molecule has 0 aromatic rings. The van der Waals surface area contributed by atoms with E-state index >= 15 is 0 Å². The van der Waals surface area contributed by atoms with Gasteiger partial charge in [-0.25, -0.2) is 0 Å². The SMILES string of the molecule is CC[C@H](O)/C=C/[C@H]1C(=O)C[C@@H](O)[C@H]1C/C=C\C/C=C\C/C=C\CCC(=O)O. The van der Waals surface area contributed by atoms with Gasteiger partial charge in [-0.2, -0.15) is 0 Å². The molecule has 5 nitrogen and oxygen atoms in total. The number of aliphatic carboxylic acids is 1. The molecule has 27 heavy (non-hydrogen) atoms. The number of carboxylic acid groups (broad SMARTS) is 1. The highest BCUT2D eigenvalue weighted by molar-refractivity contribution is 5.86. The van der Waals surface area contributed by atoms with Crippen molar-refractivity contribution in [2.45, 2.75) is 64.1 Å². The van der Waals surface area contributed by atoms with E-state index in [0.717, 1.165) is 12.8 Å². The number of allylic oxidation sites excluding steroid dienone is 7. The molecule has 0 heterocycles. The van der Waals surface area contributed by atoms with Gasteiger partial charge in [0.25, 0.3) is 0 Å². The molecular weight excluding hydrogens is 344 g/mol. The van der Waals surface area contributed by atoms with Gasteiger partial charge in [0.15, 0.2) is 0 Å². The monoisotopic (exact) mass is 376 g/mol. The summed E-state index contributed by atoms with van der Waals surface area (Å²) in [5.74, 6) is -1.20. The molecule has 0 amide bonds. The second kappa shape index (κ2) is 13.2. The van der Waals surface area contributed by atoms with E-state index in [1.54, 1.807) is 12.2 Å². The number of hydrogen-bond donors (Lipinski definition) is 3. The summed E-state index contributed by atoms with van der Waals surface area (Å²) in [7, 11) is 0. The average molecular weight is 376 g/mol. The maximum absolute atomic E-state index is 12.0. The zero-order valence-corrected chi connectivity index (χ0v) is 16.0. The number of carboxylic acids is 1. The molecule has 4 atom stereocenters. The first-order chi connectivity index (χ1) is 13.0. The van der Waals surface area contributed by atoms with Crippen LogP contribution in [0, 0.1) is 11.8 Å². The van der Waals surface area contributed by atoms with Gasteiger partial charge in [-0.05, 0) is 32.1 Å². The van der Waals surface area contributed by atoms with Crippen LogP contribution < -0.4 is 0 Å². The Kier molecular flexibility index (Phi) is 11.3. The summed E-state index contributed by atoms with van der Waals surface area (Å²) in [4.78, 5) is 22.4. The van der Waals surface area contributed by atoms with Crippen molar-refractivity contribution in [3.05, 3.63) is 48.6 Å². The van der Waals surface area contributed by atoms with E-state index in [9.17, 15) is 19.8 Å². The highest BCUT2D eigenvalue weighted by Crippen LogP contribution is 2.33. The Bertz CT molecular complexity index is 573. The number of rotatable bonds is 12. The lowest BCUT2D eigenvalue weighted by Crippen LogP contribution is -2.19. The first kappa shape index (κ1) is 23.1. The van der Waals surface area contributed by atoms with Crippen molar-refractivity contribution in [3.63, 3.8) is 0 Å². The predicted octanol–water partition coefficient (Wildman–Crippen LogP) is 3.58. The number of aliphatic hydroxyl groups excluding tert-OH is 2. The van der Waals surface area contributed by atoms with Gasteiger partial charge in [0, 0.05) is 24.7 Å². The summed E-state index contributed by atoms with van der Waals surface area (Å²) in [5.41, 5.74) is 0. The number of carbonyl (C=O) groups is 2. The Morgan fingerprint density at radius 2 is 1.78 bits per heavy atom. The summed E-state index contributed by atoms with van der Waals surface area (Å²) in [6.07, 6.45) is 17.8. The molecule has 0 saturated heterocycles. The van der Waals surface area contributed by atoms with E-state index in [1.807, 2.05) is 43.4 Å². The van der Waals surface area contributed by atoms with E-state index in [0.29, 0.717) is 19.3 Å². The Hall–Kier alpha value is -1.98. The van der Waals surface area contributed by atoms with Crippen LogP contribution >= 0.6 is 0 Å². The molecule has 0 aliphatic heterocycles. The van der Waals surface area contributed by atoms with Gasteiger partial charge in [-0.1, -0.05) is 55.5 Å². The number of carbonyl (C=O) groups excluding carboxylic acids is 1. The molecule has 0 aromatic heterocycles. The standard InChI is InChI=1S/C22H32O5/c1-2-17(23)14-15-19-18(20(24)16-21(19)25)12-10-8-6-4-3-5-7-9-11-13-22(26)27/h3-4,7-10,14-15,17-20,23-24H,2,5-6,11-13,16H2,1H3,(H,26,27)/b4-3-,9-7-,10-8-,15-14+/t17-,18-,19+,20+/m0/s1. The summed E-state index contributed by atoms with van der Waals surface area (Å²) in [6.45, 7) is 1.87. The first-order valence-electron chi connectivity index (χ1n) is 9.69. The van der Waals surface area contributed by atoms with Crippen LogP contribution in [0.15, 0.2) is 48.6 Å². The summed E-state index contributed by atoms with van der Waals surface area (Å²) >= 11 is 0. The quantitative estimate of drug-likeness (QED) is 0.453. The molecule has 1 rings (SSSR count). The lowest BCUT2D eigenvalue weighted by Gasteiger charge is -2.16. The van der Waals surface area contributed by atoms with Gasteiger partial charge < -0.3 is 15.3 Å². The van der Waals surface area contributed by atoms with Gasteiger partial charge >= 0.3 is 5.97 Å². The number of aliphatic hydroxyl groups is 2. The minimum absolute atomic E-state index is 0.0371. The zero-order valence-electron chi connectivity index (χ0n) is 16.0. The molecule has 150 valence electrons. The molecule has 3 N–H and O–H groups in total. The van der Waals surface area contributed by atoms with E-state index in [1.165, 1.54) is 0 Å². The topological polar surface area (TPSA) is 94.8 Å². The molecule has 5 heteroatoms. The molecule has 0 aromatic carbocycles. The molecule has 1 fully saturated rings. The summed E-state index contributed by atoms with van der Waals surface area (Å²) < 4.78 is 0. The van der Waals surface area contributed by atoms with E-state index in [-0.39, 0.29) is 30.5 Å². The lowest BCUT2D eigenvalue weighted by atomic mass is 9.90. The highest BCUT2D eigenvalue weighted by Gasteiger charge is 2.39. The van der Waals surface area contributed by atoms with Crippen molar-refractivity contribution in [3.8, 4) is 0 Å². The van der Waals surface area contributed by atoms with Crippen LogP contribution in [0.25, 0.3) is 0 Å². The van der Waals surface area contributed by atoms with E-state index in [2.05, 4.69) is 0 Å². The number of ketones is 1. The van der Waals surface area contributed by atoms with E-state index < -0.39 is 18.2 Å². The summed E-state index contributed by atoms with van der Waals surface area (Å²) in [6, 6.07) is 0. The van der Waals surface area contributed by atoms with Crippen LogP contribution in [0.2, 0.25) is 0 Å². The van der Waals surface area contributed by atoms with Gasteiger partial charge in [0.1, 0.15) is 5.78 Å². The molecule has 0 unspecified atom stereocenters. The largest absolute Gasteiger partial charge is 0.481 e. The van der Waals surface area contributed by atoms with Crippen LogP contribution in [-0.4, -0.2) is 39.3 Å². The Morgan fingerprint density at radius 1 is 1.15 bits per heavy atom. The van der Waals surface area contributed by atoms with Gasteiger partial charge in [-0.15, -0.1) is 0 Å². The third kappa shape index (κ3) is 9.50. The molecule has 1 aliphatic carbocycles. The molecule has 1 aliphatic rings. The van der Waals surface area contributed by atoms with Crippen molar-refractivity contribution >= 4 is 11.8 Å². The number of Topliss-reactive ketones (excluding diaryl/α,β-unsaturated/α-hetero) is 1. The van der Waals surface area contributed by atoms with Crippen LogP contribution in [0.4, 0.5) is 0 Å². The Balaban J connectivity index is 2.35. The zero-order chi connectivity index (χ0) is 20.1. The van der Waals surface area contributed by atoms with Crippen LogP contribution in [0.1, 0.15) is 51.9 Å². The van der Waals surface area contributed by atoms with Gasteiger partial charge in [0.05, 0.1) is 12.2 Å². The van der Waals surface area contributed by atoms with Crippen LogP contribution in [0.5, 0.6) is 0 Å². The second-order valence-corrected chi connectivity index (χ2v) is 6.84. The number of hydrogen-bond acceptors (Lipinski definition) is 4. The predicted molar refractivity (Wildman–Crippen MR) is 106 cm³/mol. The molecule has 0 spiro atoms. The van der Waals surface area contributed by atoms with Crippen LogP contribution in [-0.2, 0) is 9.59 Å². The molecule has 0 radical (unpaired) electrons. The maximum Gasteiger partial charge on any atom is 0.303 e. The van der Waals surface area contributed by atoms with Crippen LogP contribution in [0.3, 0.4) is 0 Å². The summed E-state index contributed by atoms with van der Waals surface area (Å²) in [5, 5.41) is 28.3. The smallest absolute Gasteiger partial charge is 0.303 e. The second-order valence-electron chi connectivity index (χ2n) is 6.84. The van der Waals surface area contributed by atoms with Gasteiger partial charge in [0.2, 0.25) is 0 Å². The van der Waals surface area contributed by atoms with E-state index in [4.69, 9.17) is 5.11 Å². The molecule has 0 bridgehead atoms. The molecule has 1 saturated carbocycles. The molecular formula is C22H32O5. The minimum Gasteiger partial charge on any atom is -0.481 e. The van der Waals surface area contributed by atoms with Crippen molar-refractivity contribution in [1.29, 1.82) is 0 Å². The highest BCUT2D eigenvalue weighted by atomic mass is 16.4. The van der Waals surface area contributed by atoms with Crippen molar-refractivity contribution in [2.24, 2.45) is 11.8 Å². The fourth-order valence-corrected chi connectivity index (χ4v) is 3.03. The minimum atomic E-state index is -0.784. The van der Waals surface area contributed by atoms with Gasteiger partial charge in [-0.3, -0.25) is 9.59 Å². The lowest BCUT2D eigenvalue weighted by molar-refractivity contribution is -0.136. The van der Waals surface area contributed by atoms with Crippen molar-refractivity contribution in [1.82, 2.24) is 0 Å². The normalized spacial score (nSPS) is 24.9. The Labute approximate surface area is 161 Å². The average Bonchev–Trinajstić information content (AvgIpc) is 2.90. The fraction of sp³-hybridized carbons (Fsp3) is 0.545. The van der Waals surface area contributed by atoms with Crippen molar-refractivity contribution < 1.29 is 24.9 Å². The Morgan fingerprint density at radius 3 is 2.41 bits per heavy atom. The first-order valence-corrected chi connectivity index (χ1v) is 9.69. The fourth-order valence-electron chi connectivity index (χ4n) is 3.03. The maximum atomic E-state index is 12.0. The third-order valence-electron chi connectivity index (χ3n) is 4.67. The van der Waals surface area contributed by atoms with Crippen molar-refractivity contribution in [2.75, 3.05) is 0 Å². The third-order valence-corrected chi connectivity index (χ3v) is 4.67.